The summed E-state index contributed by atoms with van der Waals surface area (Å²) >= 11 is 0. The van der Waals surface area contributed by atoms with E-state index in [1.165, 1.54) is 25.3 Å². The number of nitrogens with one attached hydrogen (secondary N) is 1. The second-order valence-corrected chi connectivity index (χ2v) is 10.8. The summed E-state index contributed by atoms with van der Waals surface area (Å²) in [4.78, 5) is 33.4. The fourth-order valence-corrected chi connectivity index (χ4v) is 6.43. The largest absolute Gasteiger partial charge is 0.349 e. The number of rotatable bonds is 9. The second kappa shape index (κ2) is 11.1. The molecular weight excluding hydrogens is 462 g/mol. The fraction of sp³-hybridized carbons (Fsp3) is 0.500. The highest BCUT2D eigenvalue weighted by molar-refractivity contribution is 5.78. The topological polar surface area (TPSA) is 70.5 Å². The first-order chi connectivity index (χ1) is 17.9. The van der Waals surface area contributed by atoms with Crippen molar-refractivity contribution in [1.82, 2.24) is 24.7 Å². The van der Waals surface area contributed by atoms with Gasteiger partial charge < -0.3 is 14.8 Å². The van der Waals surface area contributed by atoms with Gasteiger partial charge in [-0.2, -0.15) is 0 Å². The number of amides is 2. The minimum Gasteiger partial charge on any atom is -0.349 e. The lowest BCUT2D eigenvalue weighted by atomic mass is 9.95. The van der Waals surface area contributed by atoms with Gasteiger partial charge >= 0.3 is 0 Å². The van der Waals surface area contributed by atoms with Gasteiger partial charge in [0, 0.05) is 51.6 Å². The Labute approximate surface area is 219 Å². The Bertz CT molecular complexity index is 1230. The smallest absolute Gasteiger partial charge is 0.222 e. The maximum atomic E-state index is 12.8. The van der Waals surface area contributed by atoms with Gasteiger partial charge in [0.2, 0.25) is 11.8 Å². The first-order valence-corrected chi connectivity index (χ1v) is 13.7. The number of aryl methyl sites for hydroxylation is 1. The highest BCUT2D eigenvalue weighted by Gasteiger charge is 2.41. The number of carbonyl (C=O) groups is 2. The molecule has 0 saturated carbocycles. The number of para-hydroxylation sites is 2. The van der Waals surface area contributed by atoms with E-state index in [0.29, 0.717) is 31.1 Å². The molecule has 3 aromatic rings. The Morgan fingerprint density at radius 3 is 2.41 bits per heavy atom. The standard InChI is InChI=1S/C30H39N5O2/c1-21-31-28-11-7-8-12-29(28)35(21)26-19-24-13-14-25(20-26)34(24)18-15-27(23-9-5-4-6-10-23)32-30(37)16-17-33(3)22(2)36/h4-12,24-27H,13-20H2,1-3H3,(H,32,37)/t24-,25+,26+,27-/m0/s1. The van der Waals surface area contributed by atoms with Crippen molar-refractivity contribution in [3.05, 3.63) is 66.0 Å². The Morgan fingerprint density at radius 2 is 1.70 bits per heavy atom. The van der Waals surface area contributed by atoms with Crippen molar-refractivity contribution in [3.63, 3.8) is 0 Å². The van der Waals surface area contributed by atoms with Crippen LogP contribution in [-0.4, -0.2) is 63.4 Å². The van der Waals surface area contributed by atoms with Crippen LogP contribution in [0.4, 0.5) is 0 Å². The van der Waals surface area contributed by atoms with Crippen LogP contribution in [0.3, 0.4) is 0 Å². The maximum absolute atomic E-state index is 12.8. The van der Waals surface area contributed by atoms with Crippen molar-refractivity contribution in [2.75, 3.05) is 20.1 Å². The van der Waals surface area contributed by atoms with Gasteiger partial charge in [0.05, 0.1) is 17.1 Å². The van der Waals surface area contributed by atoms with Crippen LogP contribution < -0.4 is 5.32 Å². The number of nitrogens with zero attached hydrogens (tertiary/aromatic N) is 4. The van der Waals surface area contributed by atoms with Crippen LogP contribution in [0.2, 0.25) is 0 Å². The van der Waals surface area contributed by atoms with Gasteiger partial charge in [0.25, 0.3) is 0 Å². The zero-order valence-electron chi connectivity index (χ0n) is 22.3. The third-order valence-corrected chi connectivity index (χ3v) is 8.42. The number of hydrogen-bond acceptors (Lipinski definition) is 4. The molecule has 7 nitrogen and oxygen atoms in total. The number of imidazole rings is 1. The zero-order valence-corrected chi connectivity index (χ0v) is 22.3. The van der Waals surface area contributed by atoms with Crippen LogP contribution in [-0.2, 0) is 9.59 Å². The Morgan fingerprint density at radius 1 is 1.03 bits per heavy atom. The van der Waals surface area contributed by atoms with Crippen LogP contribution in [0.25, 0.3) is 11.0 Å². The lowest BCUT2D eigenvalue weighted by molar-refractivity contribution is -0.128. The molecule has 37 heavy (non-hydrogen) atoms. The fourth-order valence-electron chi connectivity index (χ4n) is 6.43. The summed E-state index contributed by atoms with van der Waals surface area (Å²) in [5.41, 5.74) is 3.48. The van der Waals surface area contributed by atoms with Crippen molar-refractivity contribution in [1.29, 1.82) is 0 Å². The van der Waals surface area contributed by atoms with Gasteiger partial charge in [-0.15, -0.1) is 0 Å². The van der Waals surface area contributed by atoms with Crippen molar-refractivity contribution in [2.24, 2.45) is 0 Å². The zero-order chi connectivity index (χ0) is 25.9. The first-order valence-electron chi connectivity index (χ1n) is 13.7. The molecule has 1 aromatic heterocycles. The molecule has 0 spiro atoms. The van der Waals surface area contributed by atoms with E-state index in [1.807, 2.05) is 18.2 Å². The molecule has 0 radical (unpaired) electrons. The number of hydrogen-bond donors (Lipinski definition) is 1. The highest BCUT2D eigenvalue weighted by Crippen LogP contribution is 2.42. The first kappa shape index (κ1) is 25.5. The van der Waals surface area contributed by atoms with E-state index < -0.39 is 0 Å². The predicted molar refractivity (Wildman–Crippen MR) is 146 cm³/mol. The van der Waals surface area contributed by atoms with Gasteiger partial charge in [-0.3, -0.25) is 14.5 Å². The van der Waals surface area contributed by atoms with Gasteiger partial charge in [0.1, 0.15) is 5.82 Å². The normalized spacial score (nSPS) is 22.2. The summed E-state index contributed by atoms with van der Waals surface area (Å²) in [6, 6.07) is 20.4. The van der Waals surface area contributed by atoms with E-state index in [1.54, 1.807) is 11.9 Å². The molecular formula is C30H39N5O2. The third kappa shape index (κ3) is 5.57. The van der Waals surface area contributed by atoms with Crippen LogP contribution in [0, 0.1) is 6.92 Å². The molecule has 196 valence electrons. The summed E-state index contributed by atoms with van der Waals surface area (Å²) in [5, 5.41) is 3.26. The molecule has 7 heteroatoms. The van der Waals surface area contributed by atoms with Gasteiger partial charge in [-0.05, 0) is 56.7 Å². The van der Waals surface area contributed by atoms with Crippen molar-refractivity contribution >= 4 is 22.8 Å². The molecule has 4 atom stereocenters. The Kier molecular flexibility index (Phi) is 7.60. The molecule has 0 unspecified atom stereocenters. The molecule has 2 amide bonds. The molecule has 0 aliphatic carbocycles. The SMILES string of the molecule is CC(=O)N(C)CCC(=O)N[C@@H](CCN1[C@@H]2CC[C@H]1C[C@@H](n1c(C)nc3ccccc31)C2)c1ccccc1. The van der Waals surface area contributed by atoms with Gasteiger partial charge in [-0.25, -0.2) is 4.98 Å². The summed E-state index contributed by atoms with van der Waals surface area (Å²) in [6.45, 7) is 5.07. The minimum atomic E-state index is -0.0340. The van der Waals surface area contributed by atoms with E-state index in [4.69, 9.17) is 4.98 Å². The number of carbonyl (C=O) groups excluding carboxylic acids is 2. The monoisotopic (exact) mass is 501 g/mol. The lowest BCUT2D eigenvalue weighted by Crippen LogP contribution is -2.45. The number of piperidine rings is 1. The molecule has 3 heterocycles. The van der Waals surface area contributed by atoms with Gasteiger partial charge in [0.15, 0.2) is 0 Å². The second-order valence-electron chi connectivity index (χ2n) is 10.8. The average Bonchev–Trinajstić information content (AvgIpc) is 3.35. The number of aromatic nitrogens is 2. The van der Waals surface area contributed by atoms with E-state index in [-0.39, 0.29) is 17.9 Å². The summed E-state index contributed by atoms with van der Waals surface area (Å²) in [5.74, 6) is 1.08. The van der Waals surface area contributed by atoms with Gasteiger partial charge in [-0.1, -0.05) is 42.5 Å². The van der Waals surface area contributed by atoms with E-state index in [0.717, 1.165) is 42.7 Å². The van der Waals surface area contributed by atoms with E-state index in [2.05, 4.69) is 58.1 Å². The molecule has 2 saturated heterocycles. The molecule has 2 aliphatic heterocycles. The molecule has 1 N–H and O–H groups in total. The van der Waals surface area contributed by atoms with Crippen LogP contribution >= 0.6 is 0 Å². The van der Waals surface area contributed by atoms with Crippen molar-refractivity contribution < 1.29 is 9.59 Å². The third-order valence-electron chi connectivity index (χ3n) is 8.42. The van der Waals surface area contributed by atoms with Crippen molar-refractivity contribution in [3.8, 4) is 0 Å². The quantitative estimate of drug-likeness (QED) is 0.464. The maximum Gasteiger partial charge on any atom is 0.222 e. The van der Waals surface area contributed by atoms with Crippen molar-refractivity contribution in [2.45, 2.75) is 76.5 Å². The number of benzene rings is 2. The van der Waals surface area contributed by atoms with E-state index in [9.17, 15) is 9.59 Å². The summed E-state index contributed by atoms with van der Waals surface area (Å²) in [7, 11) is 1.73. The molecule has 2 aromatic carbocycles. The molecule has 2 fully saturated rings. The number of fused-ring (bicyclic) bond motifs is 3. The lowest BCUT2D eigenvalue weighted by Gasteiger charge is -2.40. The average molecular weight is 502 g/mol. The Balaban J connectivity index is 1.24. The molecule has 5 rings (SSSR count). The predicted octanol–water partition coefficient (Wildman–Crippen LogP) is 4.63. The minimum absolute atomic E-state index is 0.00825. The highest BCUT2D eigenvalue weighted by atomic mass is 16.2. The van der Waals surface area contributed by atoms with Crippen LogP contribution in [0.15, 0.2) is 54.6 Å². The summed E-state index contributed by atoms with van der Waals surface area (Å²) < 4.78 is 2.48. The Hall–Kier alpha value is -3.19. The molecule has 2 aliphatic rings. The molecule has 2 bridgehead atoms. The van der Waals surface area contributed by atoms with E-state index >= 15 is 0 Å². The summed E-state index contributed by atoms with van der Waals surface area (Å²) in [6.07, 6.45) is 5.98. The van der Waals surface area contributed by atoms with Crippen LogP contribution in [0.5, 0.6) is 0 Å². The van der Waals surface area contributed by atoms with Crippen LogP contribution in [0.1, 0.15) is 68.9 Å².